The zero-order chi connectivity index (χ0) is 13.0. The van der Waals surface area contributed by atoms with Crippen LogP contribution in [-0.2, 0) is 4.79 Å². The van der Waals surface area contributed by atoms with Crippen LogP contribution in [0.15, 0.2) is 11.1 Å². The fraction of sp³-hybridized carbons (Fsp3) is 0.833. The van der Waals surface area contributed by atoms with Gasteiger partial charge >= 0.3 is 0 Å². The van der Waals surface area contributed by atoms with E-state index in [1.807, 2.05) is 11.1 Å². The summed E-state index contributed by atoms with van der Waals surface area (Å²) in [6, 6.07) is 0. The molecule has 0 amide bonds. The molecule has 4 aliphatic rings. The van der Waals surface area contributed by atoms with Crippen LogP contribution in [0.25, 0.3) is 0 Å². The molecular weight excluding hydrogens is 232 g/mol. The average molecular weight is 258 g/mol. The summed E-state index contributed by atoms with van der Waals surface area (Å²) in [5, 5.41) is 0. The van der Waals surface area contributed by atoms with Gasteiger partial charge in [0.05, 0.1) is 0 Å². The average Bonchev–Trinajstić information content (AvgIpc) is 2.75. The summed E-state index contributed by atoms with van der Waals surface area (Å²) in [5.74, 6) is 3.02. The molecule has 1 nitrogen and oxygen atoms in total. The van der Waals surface area contributed by atoms with E-state index in [4.69, 9.17) is 0 Å². The summed E-state index contributed by atoms with van der Waals surface area (Å²) >= 11 is 0. The van der Waals surface area contributed by atoms with Gasteiger partial charge in [-0.2, -0.15) is 0 Å². The molecule has 4 aliphatic carbocycles. The van der Waals surface area contributed by atoms with Gasteiger partial charge in [-0.15, -0.1) is 0 Å². The highest BCUT2D eigenvalue weighted by atomic mass is 16.1. The van der Waals surface area contributed by atoms with Crippen molar-refractivity contribution in [3.8, 4) is 0 Å². The Kier molecular flexibility index (Phi) is 2.69. The minimum absolute atomic E-state index is 0.0634. The Labute approximate surface area is 116 Å². The van der Waals surface area contributed by atoms with Crippen molar-refractivity contribution in [1.82, 2.24) is 0 Å². The molecule has 104 valence electrons. The highest BCUT2D eigenvalue weighted by Gasteiger charge is 2.54. The van der Waals surface area contributed by atoms with Gasteiger partial charge in [-0.05, 0) is 75.5 Å². The molecule has 4 atom stereocenters. The van der Waals surface area contributed by atoms with Gasteiger partial charge in [0.15, 0.2) is 0 Å². The van der Waals surface area contributed by atoms with Gasteiger partial charge < -0.3 is 0 Å². The van der Waals surface area contributed by atoms with Crippen molar-refractivity contribution in [2.75, 3.05) is 0 Å². The maximum Gasteiger partial charge on any atom is 0.139 e. The summed E-state index contributed by atoms with van der Waals surface area (Å²) in [6.45, 7) is 2.29. The van der Waals surface area contributed by atoms with Crippen molar-refractivity contribution in [2.24, 2.45) is 23.2 Å². The molecule has 2 fully saturated rings. The molecule has 2 saturated carbocycles. The largest absolute Gasteiger partial charge is 0.299 e. The standard InChI is InChI=1S/C18H26O/c1-18-11-10-14-13-5-3-2-4-12(13)6-7-15(14)16(18)8-9-17(18)19/h14-16H,2-11H2,1H3/t14-,15-,16+,18+/m1/s1. The van der Waals surface area contributed by atoms with Gasteiger partial charge in [0.1, 0.15) is 5.78 Å². The van der Waals surface area contributed by atoms with Gasteiger partial charge in [-0.1, -0.05) is 18.1 Å². The van der Waals surface area contributed by atoms with Crippen molar-refractivity contribution in [3.05, 3.63) is 11.1 Å². The number of Topliss-reactive ketones (excluding diaryl/α,β-unsaturated/α-hetero) is 1. The van der Waals surface area contributed by atoms with E-state index in [-0.39, 0.29) is 5.41 Å². The number of carbonyl (C=O) groups is 1. The third kappa shape index (κ3) is 1.63. The lowest BCUT2D eigenvalue weighted by Crippen LogP contribution is -2.43. The van der Waals surface area contributed by atoms with Crippen LogP contribution in [0.1, 0.15) is 71.1 Å². The monoisotopic (exact) mass is 258 g/mol. The predicted octanol–water partition coefficient (Wildman–Crippen LogP) is 4.66. The molecule has 0 spiro atoms. The zero-order valence-electron chi connectivity index (χ0n) is 12.2. The number of rotatable bonds is 0. The Morgan fingerprint density at radius 1 is 1.00 bits per heavy atom. The first-order chi connectivity index (χ1) is 9.20. The number of carbonyl (C=O) groups excluding carboxylic acids is 1. The number of hydrogen-bond donors (Lipinski definition) is 0. The van der Waals surface area contributed by atoms with Crippen molar-refractivity contribution in [1.29, 1.82) is 0 Å². The second kappa shape index (κ2) is 4.20. The van der Waals surface area contributed by atoms with Gasteiger partial charge in [-0.25, -0.2) is 0 Å². The molecule has 0 N–H and O–H groups in total. The summed E-state index contributed by atoms with van der Waals surface area (Å²) in [6.07, 6.45) is 12.9. The van der Waals surface area contributed by atoms with Crippen LogP contribution in [0.3, 0.4) is 0 Å². The van der Waals surface area contributed by atoms with Gasteiger partial charge in [0.2, 0.25) is 0 Å². The van der Waals surface area contributed by atoms with Crippen molar-refractivity contribution in [2.45, 2.75) is 71.1 Å². The fourth-order valence-corrected chi connectivity index (χ4v) is 5.96. The number of allylic oxidation sites excluding steroid dienone is 2. The summed E-state index contributed by atoms with van der Waals surface area (Å²) in [5.41, 5.74) is 3.76. The quantitative estimate of drug-likeness (QED) is 0.577. The first-order valence-electron chi connectivity index (χ1n) is 8.44. The van der Waals surface area contributed by atoms with Crippen molar-refractivity contribution in [3.63, 3.8) is 0 Å². The van der Waals surface area contributed by atoms with Gasteiger partial charge in [-0.3, -0.25) is 4.79 Å². The van der Waals surface area contributed by atoms with E-state index < -0.39 is 0 Å². The predicted molar refractivity (Wildman–Crippen MR) is 76.8 cm³/mol. The molecular formula is C18H26O. The molecule has 0 aromatic carbocycles. The Morgan fingerprint density at radius 2 is 1.84 bits per heavy atom. The van der Waals surface area contributed by atoms with E-state index in [9.17, 15) is 4.79 Å². The van der Waals surface area contributed by atoms with E-state index in [0.717, 1.165) is 24.2 Å². The van der Waals surface area contributed by atoms with Crippen LogP contribution >= 0.6 is 0 Å². The lowest BCUT2D eigenvalue weighted by molar-refractivity contribution is -0.129. The molecule has 0 unspecified atom stereocenters. The smallest absolute Gasteiger partial charge is 0.139 e. The van der Waals surface area contributed by atoms with Crippen LogP contribution in [0.4, 0.5) is 0 Å². The number of ketones is 1. The Balaban J connectivity index is 1.68. The zero-order valence-corrected chi connectivity index (χ0v) is 12.2. The molecule has 0 heterocycles. The van der Waals surface area contributed by atoms with E-state index in [0.29, 0.717) is 5.78 Å². The van der Waals surface area contributed by atoms with Crippen molar-refractivity contribution < 1.29 is 4.79 Å². The maximum absolute atomic E-state index is 12.3. The minimum Gasteiger partial charge on any atom is -0.299 e. The van der Waals surface area contributed by atoms with Crippen LogP contribution in [0.2, 0.25) is 0 Å². The van der Waals surface area contributed by atoms with E-state index in [2.05, 4.69) is 6.92 Å². The molecule has 0 saturated heterocycles. The highest BCUT2D eigenvalue weighted by molar-refractivity contribution is 5.87. The van der Waals surface area contributed by atoms with E-state index in [1.54, 1.807) is 0 Å². The normalized spacial score (nSPS) is 45.7. The lowest BCUT2D eigenvalue weighted by Gasteiger charge is -2.49. The minimum atomic E-state index is 0.0634. The topological polar surface area (TPSA) is 17.1 Å². The van der Waals surface area contributed by atoms with Crippen LogP contribution < -0.4 is 0 Å². The number of fused-ring (bicyclic) bond motifs is 4. The Bertz CT molecular complexity index is 447. The lowest BCUT2D eigenvalue weighted by atomic mass is 9.54. The summed E-state index contributed by atoms with van der Waals surface area (Å²) < 4.78 is 0. The van der Waals surface area contributed by atoms with Gasteiger partial charge in [0, 0.05) is 11.8 Å². The Hall–Kier alpha value is -0.590. The first-order valence-corrected chi connectivity index (χ1v) is 8.44. The fourth-order valence-electron chi connectivity index (χ4n) is 5.96. The molecule has 0 radical (unpaired) electrons. The van der Waals surface area contributed by atoms with Gasteiger partial charge in [0.25, 0.3) is 0 Å². The number of hydrogen-bond acceptors (Lipinski definition) is 1. The van der Waals surface area contributed by atoms with E-state index in [1.165, 1.54) is 57.8 Å². The Morgan fingerprint density at radius 3 is 2.74 bits per heavy atom. The van der Waals surface area contributed by atoms with Crippen molar-refractivity contribution >= 4 is 5.78 Å². The molecule has 0 bridgehead atoms. The first kappa shape index (κ1) is 12.2. The van der Waals surface area contributed by atoms with Crippen LogP contribution in [-0.4, -0.2) is 5.78 Å². The maximum atomic E-state index is 12.3. The third-order valence-electron chi connectivity index (χ3n) is 7.00. The third-order valence-corrected chi connectivity index (χ3v) is 7.00. The highest BCUT2D eigenvalue weighted by Crippen LogP contribution is 2.59. The van der Waals surface area contributed by atoms with Crippen LogP contribution in [0.5, 0.6) is 0 Å². The van der Waals surface area contributed by atoms with E-state index >= 15 is 0 Å². The second-order valence-corrected chi connectivity index (χ2v) is 7.67. The molecule has 4 rings (SSSR count). The summed E-state index contributed by atoms with van der Waals surface area (Å²) in [7, 11) is 0. The molecule has 0 aliphatic heterocycles. The molecule has 0 aromatic heterocycles. The SMILES string of the molecule is C[C@]12CC[C@@H]3C4=C(CCCC4)CC[C@H]3[C@@H]1CCC2=O. The molecule has 1 heteroatoms. The second-order valence-electron chi connectivity index (χ2n) is 7.67. The summed E-state index contributed by atoms with van der Waals surface area (Å²) in [4.78, 5) is 12.3. The van der Waals surface area contributed by atoms with Crippen LogP contribution in [0, 0.1) is 23.2 Å². The molecule has 0 aromatic rings. The molecule has 19 heavy (non-hydrogen) atoms.